The summed E-state index contributed by atoms with van der Waals surface area (Å²) in [5.41, 5.74) is 7.39. The van der Waals surface area contributed by atoms with Gasteiger partial charge in [0.1, 0.15) is 5.75 Å². The second-order valence-corrected chi connectivity index (χ2v) is 3.53. The summed E-state index contributed by atoms with van der Waals surface area (Å²) in [6.45, 7) is 4.45. The van der Waals surface area contributed by atoms with Crippen LogP contribution in [0.1, 0.15) is 18.1 Å². The van der Waals surface area contributed by atoms with E-state index in [1.54, 1.807) is 12.3 Å². The van der Waals surface area contributed by atoms with Crippen LogP contribution in [0.4, 0.5) is 0 Å². The van der Waals surface area contributed by atoms with Gasteiger partial charge in [0.05, 0.1) is 6.54 Å². The first kappa shape index (κ1) is 10.7. The standard InChI is InChI=1S/C11H16N2O/c1-8-3-4-11(14)10(5-8)7-13-6-9(2)12/h3-5,7,9,14H,6,12H2,1-2H3. The lowest BCUT2D eigenvalue weighted by molar-refractivity contribution is 0.474. The number of aromatic hydroxyl groups is 1. The van der Waals surface area contributed by atoms with Gasteiger partial charge in [-0.2, -0.15) is 0 Å². The Bertz CT molecular complexity index is 332. The predicted molar refractivity (Wildman–Crippen MR) is 59.0 cm³/mol. The van der Waals surface area contributed by atoms with E-state index < -0.39 is 0 Å². The maximum atomic E-state index is 9.48. The largest absolute Gasteiger partial charge is 0.507 e. The van der Waals surface area contributed by atoms with Crippen molar-refractivity contribution in [3.63, 3.8) is 0 Å². The first-order valence-electron chi connectivity index (χ1n) is 4.64. The van der Waals surface area contributed by atoms with Crippen molar-refractivity contribution in [2.24, 2.45) is 10.7 Å². The highest BCUT2D eigenvalue weighted by Gasteiger charge is 1.97. The zero-order valence-corrected chi connectivity index (χ0v) is 8.57. The molecule has 3 heteroatoms. The molecule has 0 aliphatic heterocycles. The Hall–Kier alpha value is -1.35. The zero-order chi connectivity index (χ0) is 10.6. The third kappa shape index (κ3) is 3.18. The molecule has 0 amide bonds. The molecule has 0 heterocycles. The Kier molecular flexibility index (Phi) is 3.65. The summed E-state index contributed by atoms with van der Waals surface area (Å²) in [7, 11) is 0. The molecule has 0 radical (unpaired) electrons. The second kappa shape index (κ2) is 4.77. The van der Waals surface area contributed by atoms with Crippen LogP contribution in [0, 0.1) is 6.92 Å². The van der Waals surface area contributed by atoms with Crippen molar-refractivity contribution in [3.05, 3.63) is 29.3 Å². The highest BCUT2D eigenvalue weighted by molar-refractivity contribution is 5.83. The van der Waals surface area contributed by atoms with Gasteiger partial charge < -0.3 is 10.8 Å². The van der Waals surface area contributed by atoms with Crippen LogP contribution in [0.2, 0.25) is 0 Å². The van der Waals surface area contributed by atoms with Gasteiger partial charge in [0.25, 0.3) is 0 Å². The van der Waals surface area contributed by atoms with Crippen LogP contribution >= 0.6 is 0 Å². The minimum atomic E-state index is 0.0539. The van der Waals surface area contributed by atoms with E-state index in [0.717, 1.165) is 11.1 Å². The molecule has 1 unspecified atom stereocenters. The van der Waals surface area contributed by atoms with Gasteiger partial charge in [-0.25, -0.2) is 0 Å². The number of nitrogens with zero attached hydrogens (tertiary/aromatic N) is 1. The third-order valence-electron chi connectivity index (χ3n) is 1.81. The number of hydrogen-bond acceptors (Lipinski definition) is 3. The van der Waals surface area contributed by atoms with Crippen LogP contribution < -0.4 is 5.73 Å². The average Bonchev–Trinajstić information content (AvgIpc) is 2.10. The molecule has 3 nitrogen and oxygen atoms in total. The SMILES string of the molecule is Cc1ccc(O)c(C=NCC(C)N)c1. The van der Waals surface area contributed by atoms with Gasteiger partial charge in [-0.15, -0.1) is 0 Å². The lowest BCUT2D eigenvalue weighted by Crippen LogP contribution is -2.18. The molecule has 0 fully saturated rings. The monoisotopic (exact) mass is 192 g/mol. The molecule has 0 saturated carbocycles. The van der Waals surface area contributed by atoms with E-state index in [0.29, 0.717) is 6.54 Å². The summed E-state index contributed by atoms with van der Waals surface area (Å²) >= 11 is 0. The molecule has 1 rings (SSSR count). The summed E-state index contributed by atoms with van der Waals surface area (Å²) in [6, 6.07) is 5.47. The van der Waals surface area contributed by atoms with Crippen LogP contribution in [-0.4, -0.2) is 23.9 Å². The fourth-order valence-electron chi connectivity index (χ4n) is 1.09. The molecule has 14 heavy (non-hydrogen) atoms. The number of hydrogen-bond donors (Lipinski definition) is 2. The van der Waals surface area contributed by atoms with Crippen LogP contribution in [0.25, 0.3) is 0 Å². The van der Waals surface area contributed by atoms with Crippen molar-refractivity contribution in [2.45, 2.75) is 19.9 Å². The smallest absolute Gasteiger partial charge is 0.124 e. The molecule has 76 valence electrons. The van der Waals surface area contributed by atoms with Gasteiger partial charge in [0, 0.05) is 17.8 Å². The fraction of sp³-hybridized carbons (Fsp3) is 0.364. The number of aliphatic imine (C=N–C) groups is 1. The van der Waals surface area contributed by atoms with Crippen LogP contribution in [0.15, 0.2) is 23.2 Å². The molecule has 3 N–H and O–H groups in total. The van der Waals surface area contributed by atoms with Gasteiger partial charge >= 0.3 is 0 Å². The second-order valence-electron chi connectivity index (χ2n) is 3.53. The number of aryl methyl sites for hydroxylation is 1. The van der Waals surface area contributed by atoms with Crippen molar-refractivity contribution >= 4 is 6.21 Å². The van der Waals surface area contributed by atoms with Gasteiger partial charge in [-0.1, -0.05) is 11.6 Å². The summed E-state index contributed by atoms with van der Waals surface area (Å²) in [4.78, 5) is 4.13. The Morgan fingerprint density at radius 2 is 2.29 bits per heavy atom. The number of nitrogens with two attached hydrogens (primary N) is 1. The number of rotatable bonds is 3. The van der Waals surface area contributed by atoms with Crippen molar-refractivity contribution < 1.29 is 5.11 Å². The van der Waals surface area contributed by atoms with Gasteiger partial charge in [0.15, 0.2) is 0 Å². The maximum Gasteiger partial charge on any atom is 0.124 e. The van der Waals surface area contributed by atoms with E-state index in [-0.39, 0.29) is 11.8 Å². The quantitative estimate of drug-likeness (QED) is 0.712. The molecule has 1 atom stereocenters. The summed E-state index contributed by atoms with van der Waals surface area (Å²) in [5.74, 6) is 0.254. The van der Waals surface area contributed by atoms with Gasteiger partial charge in [0.2, 0.25) is 0 Å². The minimum absolute atomic E-state index is 0.0539. The van der Waals surface area contributed by atoms with Gasteiger partial charge in [-0.3, -0.25) is 4.99 Å². The molecule has 1 aromatic rings. The highest BCUT2D eigenvalue weighted by Crippen LogP contribution is 2.15. The topological polar surface area (TPSA) is 58.6 Å². The molecular weight excluding hydrogens is 176 g/mol. The Labute approximate surface area is 84.3 Å². The average molecular weight is 192 g/mol. The molecule has 0 bridgehead atoms. The summed E-state index contributed by atoms with van der Waals surface area (Å²) in [6.07, 6.45) is 1.66. The van der Waals surface area contributed by atoms with Crippen molar-refractivity contribution in [1.82, 2.24) is 0 Å². The number of phenolic OH excluding ortho intramolecular Hbond substituents is 1. The van der Waals surface area contributed by atoms with Crippen molar-refractivity contribution in [2.75, 3.05) is 6.54 Å². The van der Waals surface area contributed by atoms with Crippen molar-refractivity contribution in [3.8, 4) is 5.75 Å². The van der Waals surface area contributed by atoms with E-state index in [2.05, 4.69) is 4.99 Å². The maximum absolute atomic E-state index is 9.48. The molecule has 0 saturated heterocycles. The minimum Gasteiger partial charge on any atom is -0.507 e. The Morgan fingerprint density at radius 3 is 2.93 bits per heavy atom. The third-order valence-corrected chi connectivity index (χ3v) is 1.81. The molecular formula is C11H16N2O. The Morgan fingerprint density at radius 1 is 1.57 bits per heavy atom. The highest BCUT2D eigenvalue weighted by atomic mass is 16.3. The molecule has 0 spiro atoms. The molecule has 0 aliphatic rings. The van der Waals surface area contributed by atoms with E-state index in [9.17, 15) is 5.11 Å². The zero-order valence-electron chi connectivity index (χ0n) is 8.57. The van der Waals surface area contributed by atoms with E-state index in [1.165, 1.54) is 0 Å². The molecule has 0 aliphatic carbocycles. The van der Waals surface area contributed by atoms with Crippen LogP contribution in [0.5, 0.6) is 5.75 Å². The van der Waals surface area contributed by atoms with Gasteiger partial charge in [-0.05, 0) is 26.0 Å². The first-order chi connectivity index (χ1) is 6.59. The first-order valence-corrected chi connectivity index (χ1v) is 4.64. The summed E-state index contributed by atoms with van der Waals surface area (Å²) in [5, 5.41) is 9.48. The van der Waals surface area contributed by atoms with E-state index in [1.807, 2.05) is 26.0 Å². The summed E-state index contributed by atoms with van der Waals surface area (Å²) < 4.78 is 0. The lowest BCUT2D eigenvalue weighted by atomic mass is 10.1. The number of benzene rings is 1. The van der Waals surface area contributed by atoms with E-state index >= 15 is 0 Å². The Balaban J connectivity index is 2.75. The van der Waals surface area contributed by atoms with Crippen molar-refractivity contribution in [1.29, 1.82) is 0 Å². The van der Waals surface area contributed by atoms with Crippen LogP contribution in [0.3, 0.4) is 0 Å². The molecule has 0 aromatic heterocycles. The number of phenols is 1. The molecule has 1 aromatic carbocycles. The normalized spacial score (nSPS) is 13.4. The van der Waals surface area contributed by atoms with Crippen LogP contribution in [-0.2, 0) is 0 Å². The van der Waals surface area contributed by atoms with E-state index in [4.69, 9.17) is 5.73 Å². The lowest BCUT2D eigenvalue weighted by Gasteiger charge is -2.01. The predicted octanol–water partition coefficient (Wildman–Crippen LogP) is 1.47. The fourth-order valence-corrected chi connectivity index (χ4v) is 1.09.